The Bertz CT molecular complexity index is 894. The highest BCUT2D eigenvalue weighted by Crippen LogP contribution is 2.26. The molecule has 7 heteroatoms. The fourth-order valence-electron chi connectivity index (χ4n) is 3.23. The zero-order valence-corrected chi connectivity index (χ0v) is 15.7. The first-order valence-electron chi connectivity index (χ1n) is 8.95. The number of rotatable bonds is 7. The highest BCUT2D eigenvalue weighted by Gasteiger charge is 2.37. The average Bonchev–Trinajstić information content (AvgIpc) is 3.03. The summed E-state index contributed by atoms with van der Waals surface area (Å²) < 4.78 is 5.15. The van der Waals surface area contributed by atoms with Crippen LogP contribution in [0.2, 0.25) is 0 Å². The second kappa shape index (κ2) is 8.12. The minimum Gasteiger partial charge on any atom is -0.497 e. The van der Waals surface area contributed by atoms with Crippen molar-refractivity contribution in [1.82, 2.24) is 10.2 Å². The summed E-state index contributed by atoms with van der Waals surface area (Å²) in [5.41, 5.74) is 2.26. The van der Waals surface area contributed by atoms with Crippen LogP contribution in [0.3, 0.4) is 0 Å². The highest BCUT2D eigenvalue weighted by atomic mass is 16.5. The number of ether oxygens (including phenoxy) is 1. The van der Waals surface area contributed by atoms with Crippen molar-refractivity contribution in [3.63, 3.8) is 0 Å². The Hall–Kier alpha value is -3.35. The van der Waals surface area contributed by atoms with Gasteiger partial charge in [-0.1, -0.05) is 30.3 Å². The molecule has 1 aliphatic rings. The Morgan fingerprint density at radius 2 is 1.86 bits per heavy atom. The van der Waals surface area contributed by atoms with Crippen molar-refractivity contribution in [3.05, 3.63) is 65.2 Å². The zero-order valence-electron chi connectivity index (χ0n) is 15.7. The number of benzene rings is 2. The van der Waals surface area contributed by atoms with Gasteiger partial charge >= 0.3 is 5.97 Å². The minimum absolute atomic E-state index is 0.229. The van der Waals surface area contributed by atoms with Crippen LogP contribution in [0.15, 0.2) is 48.5 Å². The molecule has 2 aromatic rings. The third-order valence-electron chi connectivity index (χ3n) is 4.85. The molecule has 7 nitrogen and oxygen atoms in total. The number of hydrogen-bond acceptors (Lipinski definition) is 4. The molecule has 0 aliphatic carbocycles. The number of carboxylic acids is 1. The summed E-state index contributed by atoms with van der Waals surface area (Å²) in [6, 6.07) is 12.6. The molecule has 3 rings (SSSR count). The fraction of sp³-hybridized carbons (Fsp3) is 0.286. The van der Waals surface area contributed by atoms with Gasteiger partial charge in [0.1, 0.15) is 17.8 Å². The lowest BCUT2D eigenvalue weighted by atomic mass is 10.0. The van der Waals surface area contributed by atoms with E-state index in [1.165, 1.54) is 11.8 Å². The van der Waals surface area contributed by atoms with E-state index in [4.69, 9.17) is 9.84 Å². The van der Waals surface area contributed by atoms with Gasteiger partial charge < -0.3 is 20.1 Å². The van der Waals surface area contributed by atoms with Crippen LogP contribution < -0.4 is 10.1 Å². The number of hydrogen-bond donors (Lipinski definition) is 2. The van der Waals surface area contributed by atoms with Crippen LogP contribution in [0.1, 0.15) is 28.4 Å². The van der Waals surface area contributed by atoms with Crippen LogP contribution in [0.4, 0.5) is 0 Å². The minimum atomic E-state index is -1.13. The molecule has 146 valence electrons. The molecule has 28 heavy (non-hydrogen) atoms. The average molecular weight is 382 g/mol. The van der Waals surface area contributed by atoms with Crippen molar-refractivity contribution in [1.29, 1.82) is 0 Å². The van der Waals surface area contributed by atoms with Crippen molar-refractivity contribution >= 4 is 17.8 Å². The summed E-state index contributed by atoms with van der Waals surface area (Å²) >= 11 is 0. The number of carbonyl (C=O) groups is 3. The number of carbonyl (C=O) groups excluding carboxylic acids is 2. The molecule has 0 radical (unpaired) electrons. The van der Waals surface area contributed by atoms with Crippen LogP contribution in [-0.2, 0) is 22.6 Å². The Morgan fingerprint density at radius 3 is 2.46 bits per heavy atom. The molecule has 0 saturated heterocycles. The molecule has 1 heterocycles. The maximum absolute atomic E-state index is 12.9. The summed E-state index contributed by atoms with van der Waals surface area (Å²) in [6.45, 7) is 1.70. The van der Waals surface area contributed by atoms with Crippen molar-refractivity contribution in [3.8, 4) is 5.75 Å². The van der Waals surface area contributed by atoms with Gasteiger partial charge in [0, 0.05) is 18.5 Å². The Morgan fingerprint density at radius 1 is 1.18 bits per heavy atom. The maximum atomic E-state index is 12.9. The van der Waals surface area contributed by atoms with Gasteiger partial charge in [-0.25, -0.2) is 0 Å². The lowest BCUT2D eigenvalue weighted by Crippen LogP contribution is -2.51. The molecule has 0 saturated carbocycles. The van der Waals surface area contributed by atoms with E-state index in [-0.39, 0.29) is 12.3 Å². The number of aliphatic carboxylic acids is 1. The predicted octanol–water partition coefficient (Wildman–Crippen LogP) is 1.85. The van der Waals surface area contributed by atoms with E-state index >= 15 is 0 Å². The van der Waals surface area contributed by atoms with Gasteiger partial charge in [-0.3, -0.25) is 14.4 Å². The van der Waals surface area contributed by atoms with Gasteiger partial charge in [-0.05, 0) is 36.2 Å². The van der Waals surface area contributed by atoms with E-state index in [2.05, 4.69) is 5.32 Å². The van der Waals surface area contributed by atoms with Crippen LogP contribution >= 0.6 is 0 Å². The van der Waals surface area contributed by atoms with Gasteiger partial charge in [0.2, 0.25) is 5.91 Å². The van der Waals surface area contributed by atoms with E-state index in [1.807, 2.05) is 24.3 Å². The third kappa shape index (κ3) is 3.98. The molecule has 0 aromatic heterocycles. The molecule has 0 spiro atoms. The number of carboxylic acid groups (broad SMARTS) is 1. The number of nitrogens with one attached hydrogen (secondary N) is 1. The molecule has 2 aromatic carbocycles. The van der Waals surface area contributed by atoms with E-state index in [0.29, 0.717) is 17.9 Å². The van der Waals surface area contributed by atoms with Gasteiger partial charge in [-0.2, -0.15) is 0 Å². The van der Waals surface area contributed by atoms with Gasteiger partial charge in [0.25, 0.3) is 5.91 Å². The first kappa shape index (κ1) is 19.4. The number of methoxy groups -OCH3 is 1. The first-order chi connectivity index (χ1) is 13.4. The van der Waals surface area contributed by atoms with Crippen LogP contribution in [0, 0.1) is 0 Å². The normalized spacial score (nSPS) is 14.9. The molecule has 2 atom stereocenters. The number of fused-ring (bicyclic) bond motifs is 1. The molecular weight excluding hydrogens is 360 g/mol. The zero-order chi connectivity index (χ0) is 20.3. The van der Waals surface area contributed by atoms with E-state index < -0.39 is 24.0 Å². The Balaban J connectivity index is 1.87. The van der Waals surface area contributed by atoms with Crippen molar-refractivity contribution in [2.45, 2.75) is 32.0 Å². The van der Waals surface area contributed by atoms with Gasteiger partial charge in [-0.15, -0.1) is 0 Å². The van der Waals surface area contributed by atoms with Crippen LogP contribution in [0.25, 0.3) is 0 Å². The summed E-state index contributed by atoms with van der Waals surface area (Å²) in [7, 11) is 1.57. The lowest BCUT2D eigenvalue weighted by molar-refractivity contribution is -0.142. The van der Waals surface area contributed by atoms with Crippen molar-refractivity contribution in [2.75, 3.05) is 7.11 Å². The second-order valence-electron chi connectivity index (χ2n) is 6.73. The van der Waals surface area contributed by atoms with Crippen molar-refractivity contribution in [2.24, 2.45) is 0 Å². The maximum Gasteiger partial charge on any atom is 0.325 e. The summed E-state index contributed by atoms with van der Waals surface area (Å²) in [6.07, 6.45) is 0.266. The molecule has 0 bridgehead atoms. The topological polar surface area (TPSA) is 95.9 Å². The molecule has 0 fully saturated rings. The molecule has 2 N–H and O–H groups in total. The summed E-state index contributed by atoms with van der Waals surface area (Å²) in [4.78, 5) is 38.4. The monoisotopic (exact) mass is 382 g/mol. The Labute approximate surface area is 162 Å². The SMILES string of the molecule is COc1ccc(C[C@@H](C(=O)N[C@@H](C)C(=O)O)N2Cc3ccccc3C2=O)cc1. The summed E-state index contributed by atoms with van der Waals surface area (Å²) in [5, 5.41) is 11.6. The molecule has 1 aliphatic heterocycles. The Kier molecular flexibility index (Phi) is 5.63. The predicted molar refractivity (Wildman–Crippen MR) is 102 cm³/mol. The number of amides is 2. The van der Waals surface area contributed by atoms with E-state index in [9.17, 15) is 14.4 Å². The summed E-state index contributed by atoms with van der Waals surface area (Å²) in [5.74, 6) is -1.17. The van der Waals surface area contributed by atoms with Crippen LogP contribution in [0.5, 0.6) is 5.75 Å². The molecule has 0 unspecified atom stereocenters. The highest BCUT2D eigenvalue weighted by molar-refractivity contribution is 6.01. The molecular formula is C21H22N2O5. The smallest absolute Gasteiger partial charge is 0.325 e. The first-order valence-corrected chi connectivity index (χ1v) is 8.95. The second-order valence-corrected chi connectivity index (χ2v) is 6.73. The van der Waals surface area contributed by atoms with E-state index in [1.54, 1.807) is 31.4 Å². The van der Waals surface area contributed by atoms with E-state index in [0.717, 1.165) is 11.1 Å². The largest absolute Gasteiger partial charge is 0.497 e. The lowest BCUT2D eigenvalue weighted by Gasteiger charge is -2.28. The van der Waals surface area contributed by atoms with Crippen molar-refractivity contribution < 1.29 is 24.2 Å². The fourth-order valence-corrected chi connectivity index (χ4v) is 3.23. The standard InChI is InChI=1S/C21H22N2O5/c1-13(21(26)27)22-19(24)18(11-14-7-9-16(28-2)10-8-14)23-12-15-5-3-4-6-17(15)20(23)25/h3-10,13,18H,11-12H2,1-2H3,(H,22,24)(H,26,27)/t13-,18-/m0/s1. The third-order valence-corrected chi connectivity index (χ3v) is 4.85. The quantitative estimate of drug-likeness (QED) is 0.762. The number of nitrogens with zero attached hydrogens (tertiary/aromatic N) is 1. The molecule has 2 amide bonds. The van der Waals surface area contributed by atoms with Gasteiger partial charge in [0.15, 0.2) is 0 Å². The van der Waals surface area contributed by atoms with Gasteiger partial charge in [0.05, 0.1) is 7.11 Å². The van der Waals surface area contributed by atoms with Crippen LogP contribution in [-0.4, -0.2) is 47.0 Å².